The van der Waals surface area contributed by atoms with Gasteiger partial charge in [0.2, 0.25) is 0 Å². The summed E-state index contributed by atoms with van der Waals surface area (Å²) >= 11 is -1.61. The molecule has 0 aromatic carbocycles. The Labute approximate surface area is 123 Å². The van der Waals surface area contributed by atoms with Crippen LogP contribution in [0.15, 0.2) is 11.4 Å². The number of alkyl halides is 3. The van der Waals surface area contributed by atoms with Crippen LogP contribution in [0.25, 0.3) is 0 Å². The van der Waals surface area contributed by atoms with Crippen LogP contribution >= 0.6 is 0 Å². The van der Waals surface area contributed by atoms with E-state index in [-0.39, 0.29) is 5.16 Å². The molecule has 1 aromatic rings. The first kappa shape index (κ1) is 16.3. The molecule has 0 radical (unpaired) electrons. The highest BCUT2D eigenvalue weighted by Crippen LogP contribution is 2.36. The van der Waals surface area contributed by atoms with E-state index in [1.165, 1.54) is 6.26 Å². The molecule has 118 valence electrons. The highest BCUT2D eigenvalue weighted by atomic mass is 32.2. The van der Waals surface area contributed by atoms with E-state index in [2.05, 4.69) is 15.3 Å². The zero-order valence-corrected chi connectivity index (χ0v) is 12.2. The Morgan fingerprint density at radius 2 is 1.95 bits per heavy atom. The van der Waals surface area contributed by atoms with Crippen molar-refractivity contribution < 1.29 is 22.8 Å². The summed E-state index contributed by atoms with van der Waals surface area (Å²) in [5.41, 5.74) is -2.49. The quantitative estimate of drug-likeness (QED) is 0.507. The molecule has 2 N–H and O–H groups in total. The van der Waals surface area contributed by atoms with E-state index in [0.717, 1.165) is 19.3 Å². The van der Waals surface area contributed by atoms with Gasteiger partial charge >= 0.3 is 11.3 Å². The molecule has 0 amide bonds. The van der Waals surface area contributed by atoms with Gasteiger partial charge < -0.3 is 15.0 Å². The summed E-state index contributed by atoms with van der Waals surface area (Å²) in [5.74, 6) is -0.521. The molecule has 21 heavy (non-hydrogen) atoms. The molecule has 1 saturated carbocycles. The molecule has 5 nitrogen and oxygen atoms in total. The normalized spacial score (nSPS) is 20.1. The van der Waals surface area contributed by atoms with Crippen molar-refractivity contribution in [1.82, 2.24) is 9.97 Å². The van der Waals surface area contributed by atoms with Crippen LogP contribution in [0.1, 0.15) is 37.7 Å². The fraction of sp³-hybridized carbons (Fsp3) is 0.667. The largest absolute Gasteiger partial charge is 0.609 e. The van der Waals surface area contributed by atoms with Gasteiger partial charge in [-0.3, -0.25) is 0 Å². The van der Waals surface area contributed by atoms with Crippen LogP contribution in [-0.2, 0) is 17.4 Å². The smallest absolute Gasteiger partial charge is 0.421 e. The molecule has 1 fully saturated rings. The molecule has 1 aliphatic carbocycles. The number of aromatic nitrogens is 2. The van der Waals surface area contributed by atoms with Crippen molar-refractivity contribution >= 4 is 17.0 Å². The maximum atomic E-state index is 13.0. The first-order valence-electron chi connectivity index (χ1n) is 6.49. The van der Waals surface area contributed by atoms with E-state index in [0.29, 0.717) is 19.0 Å². The van der Waals surface area contributed by atoms with Crippen molar-refractivity contribution in [2.24, 2.45) is 0 Å². The predicted octanol–water partition coefficient (Wildman–Crippen LogP) is 2.30. The van der Waals surface area contributed by atoms with Gasteiger partial charge in [-0.05, 0) is 25.7 Å². The van der Waals surface area contributed by atoms with E-state index in [1.807, 2.05) is 0 Å². The molecule has 1 aromatic heterocycles. The Balaban J connectivity index is 2.36. The summed E-state index contributed by atoms with van der Waals surface area (Å²) in [6, 6.07) is 0. The van der Waals surface area contributed by atoms with Crippen LogP contribution in [0.3, 0.4) is 0 Å². The standard InChI is InChI=1S/C12H16F3N3O2S/c1-21(20)10-16-7-8(12(13,14)15)9(17-10)18-11(19)5-3-2-4-6-11/h7,19H,2-6H2,1H3,(H,16,17,18). The van der Waals surface area contributed by atoms with Crippen molar-refractivity contribution in [3.05, 3.63) is 11.8 Å². The van der Waals surface area contributed by atoms with Gasteiger partial charge in [-0.1, -0.05) is 6.42 Å². The summed E-state index contributed by atoms with van der Waals surface area (Å²) in [7, 11) is 0. The van der Waals surface area contributed by atoms with E-state index in [1.54, 1.807) is 0 Å². The predicted molar refractivity (Wildman–Crippen MR) is 71.0 cm³/mol. The fourth-order valence-electron chi connectivity index (χ4n) is 2.29. The molecule has 1 heterocycles. The van der Waals surface area contributed by atoms with Gasteiger partial charge in [0, 0.05) is 17.4 Å². The lowest BCUT2D eigenvalue weighted by atomic mass is 9.91. The summed E-state index contributed by atoms with van der Waals surface area (Å²) in [6.45, 7) is 0. The first-order valence-corrected chi connectivity index (χ1v) is 8.05. The SMILES string of the molecule is C[S+]([O-])c1ncc(C(F)(F)F)c(NC2(O)CCCCC2)n1. The van der Waals surface area contributed by atoms with Crippen molar-refractivity contribution in [2.75, 3.05) is 11.6 Å². The Kier molecular flexibility index (Phi) is 4.64. The number of aliphatic hydroxyl groups is 1. The zero-order chi connectivity index (χ0) is 15.7. The second-order valence-corrected chi connectivity index (χ2v) is 6.36. The molecule has 0 spiro atoms. The third-order valence-electron chi connectivity index (χ3n) is 3.36. The lowest BCUT2D eigenvalue weighted by molar-refractivity contribution is -0.137. The van der Waals surface area contributed by atoms with Crippen LogP contribution in [0.5, 0.6) is 0 Å². The average molecular weight is 323 g/mol. The fourth-order valence-corrected chi connectivity index (χ4v) is 2.71. The third-order valence-corrected chi connectivity index (χ3v) is 4.07. The van der Waals surface area contributed by atoms with Gasteiger partial charge in [-0.25, -0.2) is 0 Å². The van der Waals surface area contributed by atoms with Crippen LogP contribution in [0.2, 0.25) is 0 Å². The van der Waals surface area contributed by atoms with E-state index >= 15 is 0 Å². The molecule has 0 aliphatic heterocycles. The Morgan fingerprint density at radius 3 is 2.48 bits per heavy atom. The molecular formula is C12H16F3N3O2S. The maximum absolute atomic E-state index is 13.0. The number of nitrogens with zero attached hydrogens (tertiary/aromatic N) is 2. The van der Waals surface area contributed by atoms with Gasteiger partial charge in [0.1, 0.15) is 23.4 Å². The van der Waals surface area contributed by atoms with Gasteiger partial charge in [-0.15, -0.1) is 0 Å². The second-order valence-electron chi connectivity index (χ2n) is 5.08. The van der Waals surface area contributed by atoms with Crippen molar-refractivity contribution in [2.45, 2.75) is 49.2 Å². The van der Waals surface area contributed by atoms with Crippen molar-refractivity contribution in [1.29, 1.82) is 0 Å². The minimum atomic E-state index is -4.65. The molecule has 0 bridgehead atoms. The molecule has 0 saturated heterocycles. The van der Waals surface area contributed by atoms with Crippen molar-refractivity contribution in [3.8, 4) is 0 Å². The maximum Gasteiger partial charge on any atom is 0.421 e. The van der Waals surface area contributed by atoms with Crippen LogP contribution in [0, 0.1) is 0 Å². The average Bonchev–Trinajstić information content (AvgIpc) is 2.37. The van der Waals surface area contributed by atoms with E-state index in [9.17, 15) is 22.8 Å². The lowest BCUT2D eigenvalue weighted by Gasteiger charge is -2.33. The van der Waals surface area contributed by atoms with Gasteiger partial charge in [0.05, 0.1) is 0 Å². The Morgan fingerprint density at radius 1 is 1.33 bits per heavy atom. The number of rotatable bonds is 3. The van der Waals surface area contributed by atoms with Gasteiger partial charge in [-0.2, -0.15) is 23.1 Å². The summed E-state index contributed by atoms with van der Waals surface area (Å²) in [6.07, 6.45) is 0.299. The number of halogens is 3. The van der Waals surface area contributed by atoms with Crippen molar-refractivity contribution in [3.63, 3.8) is 0 Å². The first-order chi connectivity index (χ1) is 9.71. The van der Waals surface area contributed by atoms with Crippen LogP contribution in [-0.4, -0.2) is 31.6 Å². The topological polar surface area (TPSA) is 81.1 Å². The van der Waals surface area contributed by atoms with Crippen LogP contribution in [0.4, 0.5) is 19.0 Å². The molecule has 1 unspecified atom stereocenters. The van der Waals surface area contributed by atoms with Gasteiger partial charge in [0.25, 0.3) is 0 Å². The number of hydrogen-bond acceptors (Lipinski definition) is 5. The Bertz CT molecular complexity index is 505. The minimum absolute atomic E-state index is 0.204. The number of hydrogen-bond donors (Lipinski definition) is 2. The molecule has 1 aliphatic rings. The monoisotopic (exact) mass is 323 g/mol. The Hall–Kier alpha value is -1.06. The lowest BCUT2D eigenvalue weighted by Crippen LogP contribution is -2.41. The molecule has 2 rings (SSSR count). The van der Waals surface area contributed by atoms with E-state index < -0.39 is 34.5 Å². The summed E-state index contributed by atoms with van der Waals surface area (Å²) < 4.78 is 50.3. The zero-order valence-electron chi connectivity index (χ0n) is 11.4. The molecule has 1 atom stereocenters. The number of nitrogens with one attached hydrogen (secondary N) is 1. The van der Waals surface area contributed by atoms with Gasteiger partial charge in [0.15, 0.2) is 0 Å². The van der Waals surface area contributed by atoms with E-state index in [4.69, 9.17) is 0 Å². The summed E-state index contributed by atoms with van der Waals surface area (Å²) in [4.78, 5) is 7.14. The minimum Gasteiger partial charge on any atom is -0.609 e. The second kappa shape index (κ2) is 5.98. The number of anilines is 1. The highest BCUT2D eigenvalue weighted by Gasteiger charge is 2.39. The molecular weight excluding hydrogens is 307 g/mol. The van der Waals surface area contributed by atoms with Crippen LogP contribution < -0.4 is 5.32 Å². The highest BCUT2D eigenvalue weighted by molar-refractivity contribution is 7.90. The molecule has 9 heteroatoms. The summed E-state index contributed by atoms with van der Waals surface area (Å²) in [5, 5.41) is 12.6. The third kappa shape index (κ3) is 3.98.